The Morgan fingerprint density at radius 3 is 2.11 bits per heavy atom. The molecule has 0 aromatic heterocycles. The Balaban J connectivity index is 1.58. The zero-order chi connectivity index (χ0) is 18.2. The smallest absolute Gasteiger partial charge is 0.194 e. The minimum Gasteiger partial charge on any atom is -0.368 e. The summed E-state index contributed by atoms with van der Waals surface area (Å²) in [6.45, 7) is 4.32. The fourth-order valence-electron chi connectivity index (χ4n) is 4.96. The second-order valence-corrected chi connectivity index (χ2v) is 7.95. The average Bonchev–Trinajstić information content (AvgIpc) is 3.23. The van der Waals surface area contributed by atoms with Gasteiger partial charge in [-0.15, -0.1) is 0 Å². The van der Waals surface area contributed by atoms with E-state index in [9.17, 15) is 4.79 Å². The summed E-state index contributed by atoms with van der Waals surface area (Å²) in [4.78, 5) is 18.3. The molecule has 0 N–H and O–H groups in total. The Morgan fingerprint density at radius 1 is 0.741 bits per heavy atom. The van der Waals surface area contributed by atoms with Gasteiger partial charge in [-0.05, 0) is 24.3 Å². The molecule has 27 heavy (non-hydrogen) atoms. The highest BCUT2D eigenvalue weighted by atomic mass is 16.1. The Kier molecular flexibility index (Phi) is 4.33. The quantitative estimate of drug-likeness (QED) is 0.678. The monoisotopic (exact) mass is 358 g/mol. The Labute approximate surface area is 160 Å². The van der Waals surface area contributed by atoms with E-state index in [-0.39, 0.29) is 5.43 Å². The number of fused-ring (bicyclic) bond motifs is 2. The van der Waals surface area contributed by atoms with Crippen LogP contribution in [-0.4, -0.2) is 37.1 Å². The molecule has 3 heteroatoms. The fourth-order valence-corrected chi connectivity index (χ4v) is 4.96. The first kappa shape index (κ1) is 16.8. The number of benzene rings is 2. The van der Waals surface area contributed by atoms with Gasteiger partial charge in [0.05, 0.1) is 0 Å². The van der Waals surface area contributed by atoms with E-state index in [4.69, 9.17) is 0 Å². The minimum absolute atomic E-state index is 0.136. The zero-order valence-electron chi connectivity index (χ0n) is 15.7. The van der Waals surface area contributed by atoms with Gasteiger partial charge in [-0.25, -0.2) is 0 Å². The van der Waals surface area contributed by atoms with Crippen molar-refractivity contribution in [2.75, 3.05) is 31.1 Å². The van der Waals surface area contributed by atoms with Gasteiger partial charge in [0, 0.05) is 54.1 Å². The molecule has 2 fully saturated rings. The largest absolute Gasteiger partial charge is 0.368 e. The van der Waals surface area contributed by atoms with Crippen molar-refractivity contribution >= 4 is 27.2 Å². The van der Waals surface area contributed by atoms with Gasteiger partial charge < -0.3 is 4.90 Å². The Hall–Kier alpha value is -2.39. The molecule has 1 saturated heterocycles. The van der Waals surface area contributed by atoms with Crippen LogP contribution in [0, 0.1) is 0 Å². The molecule has 1 aliphatic heterocycles. The molecule has 3 aromatic carbocycles. The van der Waals surface area contributed by atoms with E-state index < -0.39 is 0 Å². The van der Waals surface area contributed by atoms with Crippen molar-refractivity contribution in [3.05, 3.63) is 64.8 Å². The highest BCUT2D eigenvalue weighted by Gasteiger charge is 2.26. The molecular weight excluding hydrogens is 332 g/mol. The highest BCUT2D eigenvalue weighted by molar-refractivity contribution is 6.01. The molecule has 0 bridgehead atoms. The van der Waals surface area contributed by atoms with Crippen molar-refractivity contribution in [3.8, 4) is 0 Å². The maximum atomic E-state index is 13.1. The van der Waals surface area contributed by atoms with Gasteiger partial charge >= 0.3 is 0 Å². The first-order valence-corrected chi connectivity index (χ1v) is 10.2. The minimum atomic E-state index is 0.136. The summed E-state index contributed by atoms with van der Waals surface area (Å²) >= 11 is 0. The molecule has 3 nitrogen and oxygen atoms in total. The summed E-state index contributed by atoms with van der Waals surface area (Å²) in [6.07, 6.45) is 5.52. The van der Waals surface area contributed by atoms with Gasteiger partial charge in [0.1, 0.15) is 0 Å². The molecule has 1 heterocycles. The summed E-state index contributed by atoms with van der Waals surface area (Å²) in [5.74, 6) is 0. The number of hydrogen-bond acceptors (Lipinski definition) is 3. The van der Waals surface area contributed by atoms with E-state index in [1.165, 1.54) is 31.4 Å². The highest BCUT2D eigenvalue weighted by Crippen LogP contribution is 2.30. The first-order valence-electron chi connectivity index (χ1n) is 10.2. The summed E-state index contributed by atoms with van der Waals surface area (Å²) in [5, 5.41) is 3.75. The Bertz CT molecular complexity index is 1030. The molecule has 5 rings (SSSR count). The molecule has 0 radical (unpaired) electrons. The van der Waals surface area contributed by atoms with Crippen LogP contribution in [-0.2, 0) is 0 Å². The maximum absolute atomic E-state index is 13.1. The Morgan fingerprint density at radius 2 is 1.37 bits per heavy atom. The predicted octanol–water partition coefficient (Wildman–Crippen LogP) is 4.42. The molecule has 0 spiro atoms. The normalized spacial score (nSPS) is 19.2. The molecule has 1 saturated carbocycles. The van der Waals surface area contributed by atoms with E-state index in [2.05, 4.69) is 28.0 Å². The van der Waals surface area contributed by atoms with Crippen molar-refractivity contribution in [2.45, 2.75) is 31.7 Å². The number of piperazine rings is 1. The third kappa shape index (κ3) is 3.00. The van der Waals surface area contributed by atoms with Crippen LogP contribution in [0.3, 0.4) is 0 Å². The molecule has 138 valence electrons. The summed E-state index contributed by atoms with van der Waals surface area (Å²) < 4.78 is 0. The van der Waals surface area contributed by atoms with Crippen LogP contribution in [0.5, 0.6) is 0 Å². The van der Waals surface area contributed by atoms with Crippen LogP contribution in [0.15, 0.2) is 59.4 Å². The van der Waals surface area contributed by atoms with Crippen LogP contribution >= 0.6 is 0 Å². The molecule has 3 aromatic rings. The third-order valence-electron chi connectivity index (χ3n) is 6.44. The summed E-state index contributed by atoms with van der Waals surface area (Å²) in [7, 11) is 0. The van der Waals surface area contributed by atoms with Gasteiger partial charge in [-0.2, -0.15) is 0 Å². The van der Waals surface area contributed by atoms with Crippen LogP contribution in [0.4, 0.5) is 5.69 Å². The standard InChI is InChI=1S/C24H26N2O/c27-24-20-10-4-1-7-18(20)17-23(21-11-5-6-12-22(21)24)26-15-13-25(14-16-26)19-8-2-3-9-19/h1,4-7,10-12,17,19H,2-3,8-9,13-16H2. The third-order valence-corrected chi connectivity index (χ3v) is 6.44. The maximum Gasteiger partial charge on any atom is 0.194 e. The lowest BCUT2D eigenvalue weighted by Crippen LogP contribution is -2.49. The van der Waals surface area contributed by atoms with E-state index in [0.717, 1.165) is 53.8 Å². The summed E-state index contributed by atoms with van der Waals surface area (Å²) in [6, 6.07) is 19.1. The van der Waals surface area contributed by atoms with Gasteiger partial charge in [0.15, 0.2) is 5.43 Å². The van der Waals surface area contributed by atoms with Crippen molar-refractivity contribution in [1.29, 1.82) is 0 Å². The molecule has 0 atom stereocenters. The van der Waals surface area contributed by atoms with Crippen molar-refractivity contribution in [3.63, 3.8) is 0 Å². The van der Waals surface area contributed by atoms with Gasteiger partial charge in [-0.1, -0.05) is 61.4 Å². The van der Waals surface area contributed by atoms with Crippen LogP contribution in [0.25, 0.3) is 21.5 Å². The van der Waals surface area contributed by atoms with Gasteiger partial charge in [0.2, 0.25) is 0 Å². The van der Waals surface area contributed by atoms with E-state index >= 15 is 0 Å². The van der Waals surface area contributed by atoms with Crippen LogP contribution in [0.1, 0.15) is 25.7 Å². The molecule has 0 unspecified atom stereocenters. The average molecular weight is 358 g/mol. The summed E-state index contributed by atoms with van der Waals surface area (Å²) in [5.41, 5.74) is 1.34. The van der Waals surface area contributed by atoms with Crippen molar-refractivity contribution in [2.24, 2.45) is 0 Å². The first-order chi connectivity index (χ1) is 13.3. The zero-order valence-corrected chi connectivity index (χ0v) is 15.7. The molecule has 0 amide bonds. The fraction of sp³-hybridized carbons (Fsp3) is 0.375. The lowest BCUT2D eigenvalue weighted by atomic mass is 10.1. The predicted molar refractivity (Wildman–Crippen MR) is 114 cm³/mol. The van der Waals surface area contributed by atoms with Crippen molar-refractivity contribution < 1.29 is 0 Å². The van der Waals surface area contributed by atoms with Crippen LogP contribution < -0.4 is 10.3 Å². The van der Waals surface area contributed by atoms with E-state index in [1.807, 2.05) is 36.4 Å². The molecule has 2 aliphatic rings. The van der Waals surface area contributed by atoms with E-state index in [0.29, 0.717) is 0 Å². The number of anilines is 1. The van der Waals surface area contributed by atoms with Gasteiger partial charge in [0.25, 0.3) is 0 Å². The van der Waals surface area contributed by atoms with Crippen LogP contribution in [0.2, 0.25) is 0 Å². The lowest BCUT2D eigenvalue weighted by Gasteiger charge is -2.39. The van der Waals surface area contributed by atoms with Gasteiger partial charge in [-0.3, -0.25) is 9.69 Å². The second kappa shape index (κ2) is 6.97. The van der Waals surface area contributed by atoms with Crippen molar-refractivity contribution in [1.82, 2.24) is 4.90 Å². The lowest BCUT2D eigenvalue weighted by molar-refractivity contribution is 0.187. The van der Waals surface area contributed by atoms with E-state index in [1.54, 1.807) is 0 Å². The molecular formula is C24H26N2O. The second-order valence-electron chi connectivity index (χ2n) is 7.95. The number of rotatable bonds is 2. The number of nitrogens with zero attached hydrogens (tertiary/aromatic N) is 2. The molecule has 1 aliphatic carbocycles. The number of hydrogen-bond donors (Lipinski definition) is 0. The SMILES string of the molecule is O=c1c2ccccc2cc(N2CCN(C3CCCC3)CC2)c2ccccc12. The topological polar surface area (TPSA) is 23.6 Å².